The smallest absolute Gasteiger partial charge is 0.283 e. The van der Waals surface area contributed by atoms with Gasteiger partial charge in [0.2, 0.25) is 10.0 Å². The Kier molecular flexibility index (Phi) is 5.95. The van der Waals surface area contributed by atoms with Crippen LogP contribution in [0.25, 0.3) is 0 Å². The Bertz CT molecular complexity index is 1010. The highest BCUT2D eigenvalue weighted by Gasteiger charge is 2.39. The molecule has 6 nitrogen and oxygen atoms in total. The fraction of sp³-hybridized carbons (Fsp3) is 0.435. The lowest BCUT2D eigenvalue weighted by atomic mass is 10.0. The maximum absolute atomic E-state index is 13.1. The summed E-state index contributed by atoms with van der Waals surface area (Å²) in [5, 5.41) is 3.14. The molecule has 1 saturated heterocycles. The lowest BCUT2D eigenvalue weighted by Gasteiger charge is -2.35. The highest BCUT2D eigenvalue weighted by Crippen LogP contribution is 2.22. The molecule has 0 spiro atoms. The monoisotopic (exact) mass is 428 g/mol. The number of carbonyl (C=O) groups is 1. The fourth-order valence-electron chi connectivity index (χ4n) is 4.06. The minimum Gasteiger partial charge on any atom is -0.348 e. The molecule has 0 unspecified atom stereocenters. The fourth-order valence-corrected chi connectivity index (χ4v) is 5.58. The molecule has 2 N–H and O–H groups in total. The summed E-state index contributed by atoms with van der Waals surface area (Å²) in [5.74, 6) is 0.0455. The van der Waals surface area contributed by atoms with Crippen LogP contribution in [-0.2, 0) is 14.8 Å². The Morgan fingerprint density at radius 3 is 2.30 bits per heavy atom. The second kappa shape index (κ2) is 8.49. The number of piperazine rings is 1. The Hall–Kier alpha value is -2.22. The van der Waals surface area contributed by atoms with Crippen LogP contribution in [0.2, 0.25) is 0 Å². The van der Waals surface area contributed by atoms with E-state index in [0.717, 1.165) is 34.4 Å². The molecule has 2 fully saturated rings. The molecule has 0 bridgehead atoms. The van der Waals surface area contributed by atoms with E-state index in [9.17, 15) is 13.2 Å². The second-order valence-corrected chi connectivity index (χ2v) is 10.4. The molecule has 2 aromatic rings. The molecule has 1 aliphatic heterocycles. The van der Waals surface area contributed by atoms with Crippen LogP contribution in [0.3, 0.4) is 0 Å². The number of hydrogen-bond acceptors (Lipinski definition) is 3. The van der Waals surface area contributed by atoms with Crippen molar-refractivity contribution in [1.29, 1.82) is 0 Å². The number of nitrogens with zero attached hydrogens (tertiary/aromatic N) is 1. The van der Waals surface area contributed by atoms with Gasteiger partial charge < -0.3 is 10.2 Å². The number of hydrogen-bond donors (Lipinski definition) is 2. The van der Waals surface area contributed by atoms with Gasteiger partial charge in [-0.05, 0) is 49.9 Å². The van der Waals surface area contributed by atoms with Gasteiger partial charge >= 0.3 is 0 Å². The van der Waals surface area contributed by atoms with Crippen LogP contribution >= 0.6 is 0 Å². The van der Waals surface area contributed by atoms with Crippen LogP contribution in [0.1, 0.15) is 35.6 Å². The highest BCUT2D eigenvalue weighted by atomic mass is 32.2. The molecule has 1 amide bonds. The molecule has 2 aromatic carbocycles. The van der Waals surface area contributed by atoms with Gasteiger partial charge in [-0.2, -0.15) is 4.31 Å². The molecule has 160 valence electrons. The molecule has 4 rings (SSSR count). The number of carbonyl (C=O) groups excluding carboxylic acids is 1. The average Bonchev–Trinajstić information content (AvgIpc) is 3.55. The third-order valence-electron chi connectivity index (χ3n) is 6.21. The van der Waals surface area contributed by atoms with Crippen molar-refractivity contribution in [3.05, 3.63) is 65.2 Å². The Morgan fingerprint density at radius 2 is 1.70 bits per heavy atom. The SMILES string of the molecule is Cc1ccc(S(=O)(=O)N2CC[NH+]([C@H](C(=O)NC3CC3)c3ccccc3)CC2)cc1C. The predicted molar refractivity (Wildman–Crippen MR) is 116 cm³/mol. The number of benzene rings is 2. The van der Waals surface area contributed by atoms with Gasteiger partial charge in [0.1, 0.15) is 0 Å². The molecule has 7 heteroatoms. The van der Waals surface area contributed by atoms with Crippen LogP contribution in [0.15, 0.2) is 53.4 Å². The molecule has 1 saturated carbocycles. The van der Waals surface area contributed by atoms with E-state index in [-0.39, 0.29) is 11.9 Å². The topological polar surface area (TPSA) is 70.9 Å². The first-order chi connectivity index (χ1) is 14.4. The zero-order chi connectivity index (χ0) is 21.3. The first-order valence-electron chi connectivity index (χ1n) is 10.6. The number of rotatable bonds is 6. The number of aryl methyl sites for hydroxylation is 2. The molecule has 1 atom stereocenters. The standard InChI is InChI=1S/C23H29N3O3S/c1-17-8-11-21(16-18(17)2)30(28,29)26-14-12-25(13-15-26)22(19-6-4-3-5-7-19)23(27)24-20-9-10-20/h3-8,11,16,20,22H,9-10,12-15H2,1-2H3,(H,24,27)/p+1/t22-/m0/s1. The summed E-state index contributed by atoms with van der Waals surface area (Å²) in [6.07, 6.45) is 2.09. The molecule has 0 aromatic heterocycles. The van der Waals surface area contributed by atoms with Crippen LogP contribution in [0.5, 0.6) is 0 Å². The van der Waals surface area contributed by atoms with Crippen molar-refractivity contribution in [2.75, 3.05) is 26.2 Å². The average molecular weight is 429 g/mol. The van der Waals surface area contributed by atoms with Crippen LogP contribution in [0, 0.1) is 13.8 Å². The van der Waals surface area contributed by atoms with Crippen LogP contribution in [0.4, 0.5) is 0 Å². The van der Waals surface area contributed by atoms with Gasteiger partial charge in [-0.1, -0.05) is 36.4 Å². The third-order valence-corrected chi connectivity index (χ3v) is 8.10. The minimum absolute atomic E-state index is 0.0455. The van der Waals surface area contributed by atoms with Gasteiger partial charge in [-0.15, -0.1) is 0 Å². The highest BCUT2D eigenvalue weighted by molar-refractivity contribution is 7.89. The van der Waals surface area contributed by atoms with Crippen LogP contribution < -0.4 is 10.2 Å². The first kappa shape index (κ1) is 21.0. The van der Waals surface area contributed by atoms with Crippen molar-refractivity contribution in [3.63, 3.8) is 0 Å². The van der Waals surface area contributed by atoms with Gasteiger partial charge in [-0.3, -0.25) is 4.79 Å². The Labute approximate surface area is 178 Å². The van der Waals surface area contributed by atoms with E-state index in [1.807, 2.05) is 50.2 Å². The predicted octanol–water partition coefficient (Wildman–Crippen LogP) is 1.21. The summed E-state index contributed by atoms with van der Waals surface area (Å²) >= 11 is 0. The quantitative estimate of drug-likeness (QED) is 0.727. The van der Waals surface area contributed by atoms with Crippen molar-refractivity contribution in [2.24, 2.45) is 0 Å². The van der Waals surface area contributed by atoms with E-state index < -0.39 is 10.0 Å². The summed E-state index contributed by atoms with van der Waals surface area (Å²) in [4.78, 5) is 14.5. The van der Waals surface area contributed by atoms with Crippen molar-refractivity contribution in [3.8, 4) is 0 Å². The van der Waals surface area contributed by atoms with Crippen molar-refractivity contribution < 1.29 is 18.1 Å². The molecular formula is C23H30N3O3S+. The molecule has 1 aliphatic carbocycles. The maximum Gasteiger partial charge on any atom is 0.283 e. The van der Waals surface area contributed by atoms with E-state index in [1.165, 1.54) is 0 Å². The number of sulfonamides is 1. The summed E-state index contributed by atoms with van der Waals surface area (Å²) in [5.41, 5.74) is 3.04. The maximum atomic E-state index is 13.1. The summed E-state index contributed by atoms with van der Waals surface area (Å²) in [6.45, 7) is 5.92. The molecule has 2 aliphatic rings. The molecule has 1 heterocycles. The number of quaternary nitrogens is 1. The van der Waals surface area contributed by atoms with Gasteiger partial charge in [0, 0.05) is 11.6 Å². The zero-order valence-corrected chi connectivity index (χ0v) is 18.4. The van der Waals surface area contributed by atoms with Gasteiger partial charge in [0.15, 0.2) is 6.04 Å². The second-order valence-electron chi connectivity index (χ2n) is 8.43. The lowest BCUT2D eigenvalue weighted by molar-refractivity contribution is -0.925. The van der Waals surface area contributed by atoms with Crippen molar-refractivity contribution in [2.45, 2.75) is 43.7 Å². The summed E-state index contributed by atoms with van der Waals surface area (Å²) in [7, 11) is -3.52. The van der Waals surface area contributed by atoms with E-state index >= 15 is 0 Å². The number of nitrogens with one attached hydrogen (secondary N) is 2. The Balaban J connectivity index is 1.50. The molecule has 0 radical (unpaired) electrons. The van der Waals surface area contributed by atoms with E-state index in [2.05, 4.69) is 5.32 Å². The first-order valence-corrected chi connectivity index (χ1v) is 12.1. The van der Waals surface area contributed by atoms with Crippen molar-refractivity contribution >= 4 is 15.9 Å². The zero-order valence-electron chi connectivity index (χ0n) is 17.6. The van der Waals surface area contributed by atoms with Gasteiger partial charge in [0.25, 0.3) is 5.91 Å². The van der Waals surface area contributed by atoms with E-state index in [0.29, 0.717) is 37.1 Å². The van der Waals surface area contributed by atoms with E-state index in [1.54, 1.807) is 16.4 Å². The van der Waals surface area contributed by atoms with Gasteiger partial charge in [0.05, 0.1) is 31.1 Å². The largest absolute Gasteiger partial charge is 0.348 e. The van der Waals surface area contributed by atoms with E-state index in [4.69, 9.17) is 0 Å². The molecular weight excluding hydrogens is 398 g/mol. The summed E-state index contributed by atoms with van der Waals surface area (Å²) < 4.78 is 27.8. The normalized spacial score (nSPS) is 19.4. The lowest BCUT2D eigenvalue weighted by Crippen LogP contribution is -3.16. The summed E-state index contributed by atoms with van der Waals surface area (Å²) in [6, 6.07) is 15.1. The van der Waals surface area contributed by atoms with Gasteiger partial charge in [-0.25, -0.2) is 8.42 Å². The minimum atomic E-state index is -3.52. The Morgan fingerprint density at radius 1 is 1.03 bits per heavy atom. The third kappa shape index (κ3) is 4.43. The van der Waals surface area contributed by atoms with Crippen LogP contribution in [-0.4, -0.2) is 50.9 Å². The van der Waals surface area contributed by atoms with Crippen molar-refractivity contribution in [1.82, 2.24) is 9.62 Å². The number of amides is 1. The molecule has 30 heavy (non-hydrogen) atoms.